The van der Waals surface area contributed by atoms with Crippen LogP contribution in [0.15, 0.2) is 65.8 Å². The molecule has 1 aliphatic carbocycles. The van der Waals surface area contributed by atoms with Crippen LogP contribution in [0.25, 0.3) is 16.5 Å². The second-order valence-corrected chi connectivity index (χ2v) is 7.70. The van der Waals surface area contributed by atoms with E-state index in [4.69, 9.17) is 4.99 Å². The average molecular weight is 328 g/mol. The molecule has 5 rings (SSSR count). The molecule has 3 nitrogen and oxygen atoms in total. The molecule has 2 aliphatic rings. The number of rotatable bonds is 1. The molecule has 2 aromatic carbocycles. The van der Waals surface area contributed by atoms with Crippen molar-refractivity contribution < 1.29 is 5.11 Å². The van der Waals surface area contributed by atoms with Gasteiger partial charge in [-0.15, -0.1) is 0 Å². The highest BCUT2D eigenvalue weighted by atomic mass is 16.3. The molecule has 0 amide bonds. The first kappa shape index (κ1) is 14.7. The lowest BCUT2D eigenvalue weighted by atomic mass is 9.62. The van der Waals surface area contributed by atoms with Crippen molar-refractivity contribution in [3.8, 4) is 0 Å². The number of hydrogen-bond acceptors (Lipinski definition) is 2. The van der Waals surface area contributed by atoms with Gasteiger partial charge in [-0.2, -0.15) is 0 Å². The summed E-state index contributed by atoms with van der Waals surface area (Å²) in [7, 11) is 0. The van der Waals surface area contributed by atoms with Crippen molar-refractivity contribution in [1.82, 2.24) is 4.98 Å². The Kier molecular flexibility index (Phi) is 2.76. The summed E-state index contributed by atoms with van der Waals surface area (Å²) >= 11 is 0. The number of para-hydroxylation sites is 2. The topological polar surface area (TPSA) is 48.4 Å². The normalized spacial score (nSPS) is 23.8. The van der Waals surface area contributed by atoms with Crippen molar-refractivity contribution in [1.29, 1.82) is 0 Å². The highest BCUT2D eigenvalue weighted by Crippen LogP contribution is 2.55. The minimum Gasteiger partial charge on any atom is -0.378 e. The number of nitrogens with one attached hydrogen (secondary N) is 1. The molecule has 0 saturated heterocycles. The van der Waals surface area contributed by atoms with Crippen LogP contribution in [-0.4, -0.2) is 15.8 Å². The molecule has 3 heteroatoms. The van der Waals surface area contributed by atoms with Crippen molar-refractivity contribution in [2.75, 3.05) is 0 Å². The second-order valence-electron chi connectivity index (χ2n) is 7.70. The van der Waals surface area contributed by atoms with Gasteiger partial charge in [0.25, 0.3) is 0 Å². The van der Waals surface area contributed by atoms with Crippen LogP contribution in [0.1, 0.15) is 31.4 Å². The molecule has 0 radical (unpaired) electrons. The summed E-state index contributed by atoms with van der Waals surface area (Å²) in [6.45, 7) is 4.26. The standard InChI is InChI=1S/C22H20N2O/c1-21(2)12-14(16-13-23-18-9-5-3-7-15(16)18)11-20-22(21,25)17-8-4-6-10-19(17)24-20/h3-11,13,23,25H,12H2,1-2H3/t22-/m1/s1. The molecule has 124 valence electrons. The Morgan fingerprint density at radius 2 is 1.80 bits per heavy atom. The molecule has 1 atom stereocenters. The van der Waals surface area contributed by atoms with Crippen molar-refractivity contribution in [2.45, 2.75) is 25.9 Å². The van der Waals surface area contributed by atoms with Gasteiger partial charge in [0, 0.05) is 33.6 Å². The van der Waals surface area contributed by atoms with Crippen LogP contribution in [-0.2, 0) is 5.60 Å². The maximum Gasteiger partial charge on any atom is 0.139 e. The van der Waals surface area contributed by atoms with E-state index in [1.54, 1.807) is 0 Å². The number of hydrogen-bond donors (Lipinski definition) is 2. The van der Waals surface area contributed by atoms with Crippen LogP contribution < -0.4 is 0 Å². The predicted octanol–water partition coefficient (Wildman–Crippen LogP) is 4.96. The fraction of sp³-hybridized carbons (Fsp3) is 0.227. The van der Waals surface area contributed by atoms with Crippen molar-refractivity contribution in [3.63, 3.8) is 0 Å². The first-order valence-electron chi connectivity index (χ1n) is 8.69. The molecule has 1 aliphatic heterocycles. The Morgan fingerprint density at radius 1 is 1.04 bits per heavy atom. The van der Waals surface area contributed by atoms with Gasteiger partial charge in [0.15, 0.2) is 0 Å². The lowest BCUT2D eigenvalue weighted by molar-refractivity contribution is -0.00550. The van der Waals surface area contributed by atoms with Crippen LogP contribution >= 0.6 is 0 Å². The van der Waals surface area contributed by atoms with Gasteiger partial charge in [-0.3, -0.25) is 0 Å². The Bertz CT molecular complexity index is 1070. The summed E-state index contributed by atoms with van der Waals surface area (Å²) in [5, 5.41) is 12.9. The third-order valence-electron chi connectivity index (χ3n) is 5.76. The van der Waals surface area contributed by atoms with E-state index < -0.39 is 5.60 Å². The van der Waals surface area contributed by atoms with Crippen molar-refractivity contribution in [3.05, 3.63) is 71.9 Å². The Balaban J connectivity index is 1.73. The zero-order valence-corrected chi connectivity index (χ0v) is 14.4. The fourth-order valence-corrected chi connectivity index (χ4v) is 4.40. The largest absolute Gasteiger partial charge is 0.378 e. The van der Waals surface area contributed by atoms with Crippen LogP contribution in [0.2, 0.25) is 0 Å². The average Bonchev–Trinajstić information content (AvgIpc) is 3.15. The third kappa shape index (κ3) is 1.82. The van der Waals surface area contributed by atoms with Gasteiger partial charge < -0.3 is 10.1 Å². The summed E-state index contributed by atoms with van der Waals surface area (Å²) < 4.78 is 0. The number of aliphatic hydroxyl groups is 1. The Hall–Kier alpha value is -2.65. The number of H-pyrrole nitrogens is 1. The van der Waals surface area contributed by atoms with Gasteiger partial charge in [0.2, 0.25) is 0 Å². The van der Waals surface area contributed by atoms with E-state index in [0.717, 1.165) is 28.9 Å². The molecule has 2 N–H and O–H groups in total. The van der Waals surface area contributed by atoms with E-state index >= 15 is 0 Å². The monoisotopic (exact) mass is 328 g/mol. The molecule has 25 heavy (non-hydrogen) atoms. The number of nitrogens with zero attached hydrogens (tertiary/aromatic N) is 1. The zero-order chi connectivity index (χ0) is 17.2. The van der Waals surface area contributed by atoms with Crippen molar-refractivity contribution in [2.24, 2.45) is 10.4 Å². The van der Waals surface area contributed by atoms with E-state index in [1.807, 2.05) is 30.3 Å². The van der Waals surface area contributed by atoms with Gasteiger partial charge in [0.05, 0.1) is 11.4 Å². The highest BCUT2D eigenvalue weighted by Gasteiger charge is 2.54. The molecule has 2 heterocycles. The maximum atomic E-state index is 11.6. The molecule has 0 saturated carbocycles. The first-order chi connectivity index (χ1) is 12.0. The SMILES string of the molecule is CC1(C)CC(c2c[nH]c3ccccc23)=CC2=Nc3ccccc3[C@@]21O. The lowest BCUT2D eigenvalue weighted by Gasteiger charge is -2.44. The molecule has 3 aromatic rings. The van der Waals surface area contributed by atoms with Crippen LogP contribution in [0.4, 0.5) is 5.69 Å². The summed E-state index contributed by atoms with van der Waals surface area (Å²) in [6, 6.07) is 16.3. The molecular weight excluding hydrogens is 308 g/mol. The van der Waals surface area contributed by atoms with Gasteiger partial charge in [0.1, 0.15) is 5.60 Å². The van der Waals surface area contributed by atoms with E-state index in [2.05, 4.69) is 49.3 Å². The number of aromatic amines is 1. The second kappa shape index (κ2) is 4.70. The van der Waals surface area contributed by atoms with Crippen LogP contribution in [0.3, 0.4) is 0 Å². The number of benzene rings is 2. The molecule has 0 unspecified atom stereocenters. The van der Waals surface area contributed by atoms with Gasteiger partial charge in [-0.1, -0.05) is 50.2 Å². The van der Waals surface area contributed by atoms with Crippen molar-refractivity contribution >= 4 is 27.9 Å². The Morgan fingerprint density at radius 3 is 2.68 bits per heavy atom. The molecule has 0 bridgehead atoms. The van der Waals surface area contributed by atoms with E-state index in [9.17, 15) is 5.11 Å². The minimum atomic E-state index is -1.03. The Labute approximate surface area is 146 Å². The van der Waals surface area contributed by atoms with Gasteiger partial charge >= 0.3 is 0 Å². The quantitative estimate of drug-likeness (QED) is 0.652. The maximum absolute atomic E-state index is 11.6. The van der Waals surface area contributed by atoms with E-state index in [1.165, 1.54) is 16.5 Å². The summed E-state index contributed by atoms with van der Waals surface area (Å²) in [4.78, 5) is 8.12. The number of aliphatic imine (C=N–C) groups is 1. The number of allylic oxidation sites excluding steroid dienone is 1. The fourth-order valence-electron chi connectivity index (χ4n) is 4.40. The van der Waals surface area contributed by atoms with E-state index in [-0.39, 0.29) is 5.41 Å². The summed E-state index contributed by atoms with van der Waals surface area (Å²) in [6.07, 6.45) is 4.94. The van der Waals surface area contributed by atoms with Crippen LogP contribution in [0, 0.1) is 5.41 Å². The summed E-state index contributed by atoms with van der Waals surface area (Å²) in [5.41, 5.74) is 4.73. The molecule has 0 fully saturated rings. The van der Waals surface area contributed by atoms with Gasteiger partial charge in [-0.25, -0.2) is 4.99 Å². The minimum absolute atomic E-state index is 0.346. The zero-order valence-electron chi connectivity index (χ0n) is 14.4. The van der Waals surface area contributed by atoms with E-state index in [0.29, 0.717) is 0 Å². The highest BCUT2D eigenvalue weighted by molar-refractivity contribution is 6.14. The molecule has 0 spiro atoms. The summed E-state index contributed by atoms with van der Waals surface area (Å²) in [5.74, 6) is 0. The predicted molar refractivity (Wildman–Crippen MR) is 102 cm³/mol. The molecular formula is C22H20N2O. The number of fused-ring (bicyclic) bond motifs is 4. The number of aromatic nitrogens is 1. The smallest absolute Gasteiger partial charge is 0.139 e. The lowest BCUT2D eigenvalue weighted by Crippen LogP contribution is -2.48. The molecule has 1 aromatic heterocycles. The first-order valence-corrected chi connectivity index (χ1v) is 8.69. The van der Waals surface area contributed by atoms with Crippen LogP contribution in [0.5, 0.6) is 0 Å². The third-order valence-corrected chi connectivity index (χ3v) is 5.76. The van der Waals surface area contributed by atoms with Gasteiger partial charge in [-0.05, 0) is 30.2 Å².